The molecule has 8 rings (SSSR count). The van der Waals surface area contributed by atoms with E-state index in [9.17, 15) is 5.11 Å². The van der Waals surface area contributed by atoms with E-state index < -0.39 is 8.32 Å². The fourth-order valence-corrected chi connectivity index (χ4v) is 14.3. The van der Waals surface area contributed by atoms with Crippen molar-refractivity contribution in [1.82, 2.24) is 10.2 Å². The van der Waals surface area contributed by atoms with Gasteiger partial charge in [0.15, 0.2) is 12.5 Å². The third kappa shape index (κ3) is 5.45. The smallest absolute Gasteiger partial charge is 0.338 e. The zero-order valence-electron chi connectivity index (χ0n) is 26.4. The summed E-state index contributed by atoms with van der Waals surface area (Å²) in [5.74, 6) is 4.08. The lowest BCUT2D eigenvalue weighted by Crippen LogP contribution is -2.81. The summed E-state index contributed by atoms with van der Waals surface area (Å²) >= 11 is 0. The van der Waals surface area contributed by atoms with E-state index >= 15 is 0 Å². The van der Waals surface area contributed by atoms with Gasteiger partial charge >= 0.3 is 5.90 Å². The van der Waals surface area contributed by atoms with E-state index in [0.717, 1.165) is 56.2 Å². The van der Waals surface area contributed by atoms with Crippen LogP contribution in [0.2, 0.25) is 5.04 Å². The quantitative estimate of drug-likeness (QED) is 0.246. The van der Waals surface area contributed by atoms with Gasteiger partial charge in [-0.1, -0.05) is 81.4 Å². The van der Waals surface area contributed by atoms with E-state index in [-0.39, 0.29) is 22.5 Å². The molecular formula is C36H51N4O2Si+. The van der Waals surface area contributed by atoms with Crippen molar-refractivity contribution in [2.24, 2.45) is 28.2 Å². The highest BCUT2D eigenvalue weighted by atomic mass is 28.4. The van der Waals surface area contributed by atoms with Crippen LogP contribution >= 0.6 is 0 Å². The van der Waals surface area contributed by atoms with Crippen LogP contribution in [0.25, 0.3) is 0 Å². The van der Waals surface area contributed by atoms with Crippen LogP contribution in [0, 0.1) is 23.2 Å². The molecule has 1 saturated heterocycles. The minimum atomic E-state index is -2.59. The first kappa shape index (κ1) is 29.1. The molecule has 6 aliphatic rings. The van der Waals surface area contributed by atoms with Crippen LogP contribution in [0.4, 0.5) is 0 Å². The molecule has 0 aromatic heterocycles. The van der Waals surface area contributed by atoms with Gasteiger partial charge < -0.3 is 19.7 Å². The molecule has 2 aromatic carbocycles. The number of hydrogen-bond donors (Lipinski definition) is 3. The van der Waals surface area contributed by atoms with Crippen LogP contribution in [0.15, 0.2) is 65.7 Å². The summed E-state index contributed by atoms with van der Waals surface area (Å²) in [5, 5.41) is 17.7. The van der Waals surface area contributed by atoms with E-state index in [1.807, 2.05) is 0 Å². The molecule has 0 unspecified atom stereocenters. The Morgan fingerprint density at radius 1 is 0.930 bits per heavy atom. The van der Waals surface area contributed by atoms with Crippen molar-refractivity contribution in [1.29, 1.82) is 0 Å². The van der Waals surface area contributed by atoms with Crippen LogP contribution in [0.3, 0.4) is 0 Å². The minimum Gasteiger partial charge on any atom is -0.463 e. The van der Waals surface area contributed by atoms with Gasteiger partial charge in [-0.25, -0.2) is 9.98 Å². The Kier molecular flexibility index (Phi) is 7.69. The highest BCUT2D eigenvalue weighted by Gasteiger charge is 2.56. The van der Waals surface area contributed by atoms with Crippen molar-refractivity contribution < 1.29 is 14.5 Å². The molecule has 0 spiro atoms. The van der Waals surface area contributed by atoms with Crippen molar-refractivity contribution in [3.8, 4) is 0 Å². The molecule has 2 aromatic rings. The SMILES string of the molecule is CC(C)(C)[Si](OC[C@H]1CCN2CC[C@H](C[NH+]=C(O)C34CC5CC(CC(C5)C3)C4)NC2=N1)(c1ccccc1)c1ccccc1. The number of nitrogens with zero attached hydrogens (tertiary/aromatic N) is 2. The zero-order chi connectivity index (χ0) is 29.7. The number of aliphatic hydroxyl groups excluding tert-OH is 1. The molecule has 0 radical (unpaired) electrons. The normalized spacial score (nSPS) is 32.3. The molecule has 5 fully saturated rings. The maximum Gasteiger partial charge on any atom is 0.338 e. The van der Waals surface area contributed by atoms with Crippen molar-refractivity contribution in [2.45, 2.75) is 89.3 Å². The third-order valence-electron chi connectivity index (χ3n) is 11.4. The molecule has 2 heterocycles. The lowest BCUT2D eigenvalue weighted by Gasteiger charge is -2.54. The molecule has 4 saturated carbocycles. The second-order valence-corrected chi connectivity index (χ2v) is 19.7. The molecule has 230 valence electrons. The Morgan fingerprint density at radius 3 is 2.05 bits per heavy atom. The second kappa shape index (κ2) is 11.4. The molecule has 6 nitrogen and oxygen atoms in total. The Balaban J connectivity index is 1.06. The lowest BCUT2D eigenvalue weighted by molar-refractivity contribution is -0.477. The Labute approximate surface area is 259 Å². The van der Waals surface area contributed by atoms with E-state index in [0.29, 0.717) is 12.5 Å². The summed E-state index contributed by atoms with van der Waals surface area (Å²) < 4.78 is 7.25. The van der Waals surface area contributed by atoms with Crippen molar-refractivity contribution >= 4 is 30.5 Å². The minimum absolute atomic E-state index is 0.0290. The maximum absolute atomic E-state index is 11.3. The largest absolute Gasteiger partial charge is 0.463 e. The third-order valence-corrected chi connectivity index (χ3v) is 16.4. The summed E-state index contributed by atoms with van der Waals surface area (Å²) in [7, 11) is -2.59. The summed E-state index contributed by atoms with van der Waals surface area (Å²) in [5.41, 5.74) is 0.0290. The lowest BCUT2D eigenvalue weighted by atomic mass is 9.49. The molecule has 3 N–H and O–H groups in total. The Bertz CT molecular complexity index is 1260. The van der Waals surface area contributed by atoms with E-state index in [1.165, 1.54) is 48.9 Å². The van der Waals surface area contributed by atoms with Gasteiger partial charge in [-0.2, -0.15) is 0 Å². The highest BCUT2D eigenvalue weighted by molar-refractivity contribution is 6.99. The highest BCUT2D eigenvalue weighted by Crippen LogP contribution is 2.59. The van der Waals surface area contributed by atoms with Crippen molar-refractivity contribution in [3.63, 3.8) is 0 Å². The molecular weight excluding hydrogens is 549 g/mol. The average molecular weight is 600 g/mol. The van der Waals surface area contributed by atoms with Crippen LogP contribution in [-0.4, -0.2) is 68.5 Å². The Hall–Kier alpha value is -2.64. The number of fused-ring (bicyclic) bond motifs is 1. The fraction of sp³-hybridized carbons (Fsp3) is 0.611. The van der Waals surface area contributed by atoms with Crippen LogP contribution in [-0.2, 0) is 4.43 Å². The predicted octanol–water partition coefficient (Wildman–Crippen LogP) is 3.61. The predicted molar refractivity (Wildman–Crippen MR) is 177 cm³/mol. The summed E-state index contributed by atoms with van der Waals surface area (Å²) in [6.07, 6.45) is 9.81. The van der Waals surface area contributed by atoms with Gasteiger partial charge in [0.05, 0.1) is 24.1 Å². The number of aliphatic hydroxyl groups is 1. The molecule has 4 bridgehead atoms. The molecule has 43 heavy (non-hydrogen) atoms. The topological polar surface area (TPSA) is 71.1 Å². The molecule has 2 aliphatic heterocycles. The van der Waals surface area contributed by atoms with Gasteiger partial charge in [-0.05, 0) is 84.5 Å². The maximum atomic E-state index is 11.3. The van der Waals surface area contributed by atoms with Gasteiger partial charge in [0.25, 0.3) is 8.32 Å². The van der Waals surface area contributed by atoms with Crippen LogP contribution in [0.5, 0.6) is 0 Å². The number of hydrogen-bond acceptors (Lipinski definition) is 4. The van der Waals surface area contributed by atoms with E-state index in [1.54, 1.807) is 0 Å². The van der Waals surface area contributed by atoms with Crippen LogP contribution in [0.1, 0.15) is 72.1 Å². The number of rotatable bonds is 8. The first-order valence-corrected chi connectivity index (χ1v) is 18.8. The first-order valence-electron chi connectivity index (χ1n) is 16.9. The first-order chi connectivity index (χ1) is 20.7. The number of benzene rings is 2. The van der Waals surface area contributed by atoms with Gasteiger partial charge in [0.2, 0.25) is 0 Å². The van der Waals surface area contributed by atoms with E-state index in [2.05, 4.69) is 96.6 Å². The summed E-state index contributed by atoms with van der Waals surface area (Å²) in [6, 6.07) is 22.2. The summed E-state index contributed by atoms with van der Waals surface area (Å²) in [6.45, 7) is 10.4. The molecule has 4 aliphatic carbocycles. The van der Waals surface area contributed by atoms with Gasteiger partial charge in [-0.15, -0.1) is 0 Å². The zero-order valence-corrected chi connectivity index (χ0v) is 27.4. The van der Waals surface area contributed by atoms with Crippen molar-refractivity contribution in [3.05, 3.63) is 60.7 Å². The van der Waals surface area contributed by atoms with Crippen LogP contribution < -0.4 is 20.7 Å². The number of aliphatic imine (C=N–C) groups is 1. The molecule has 7 heteroatoms. The average Bonchev–Trinajstić information content (AvgIpc) is 2.99. The van der Waals surface area contributed by atoms with Gasteiger partial charge in [-0.3, -0.25) is 0 Å². The van der Waals surface area contributed by atoms with Gasteiger partial charge in [0, 0.05) is 13.1 Å². The fourth-order valence-electron chi connectivity index (χ4n) is 9.71. The summed E-state index contributed by atoms with van der Waals surface area (Å²) in [4.78, 5) is 11.2. The molecule has 0 amide bonds. The monoisotopic (exact) mass is 599 g/mol. The number of guanidine groups is 1. The van der Waals surface area contributed by atoms with Gasteiger partial charge in [0.1, 0.15) is 0 Å². The standard InChI is InChI=1S/C36H50N4O2Si/c1-35(2,3)43(31-10-6-4-7-11-31,32-12-8-5-9-13-32)42-25-30-15-17-40-16-14-29(38-34(40)39-30)24-37-33(41)36-21-26-18-27(22-36)20-28(19-26)23-36/h4-13,26-30H,14-25H2,1-3H3,(H,37,41)(H,38,39)/p+1/t26?,27?,28?,29-,30-,36?/m1/s1. The van der Waals surface area contributed by atoms with Crippen molar-refractivity contribution in [2.75, 3.05) is 26.2 Å². The number of nitrogens with one attached hydrogen (secondary N) is 2. The molecule has 2 atom stereocenters. The van der Waals surface area contributed by atoms with E-state index in [4.69, 9.17) is 9.42 Å². The second-order valence-electron chi connectivity index (χ2n) is 15.4. The Morgan fingerprint density at radius 2 is 1.49 bits per heavy atom.